The van der Waals surface area contributed by atoms with E-state index >= 15 is 0 Å². The molecule has 1 aromatic heterocycles. The number of likely N-dealkylation sites (N-methyl/N-ethyl adjacent to an activating group) is 1. The van der Waals surface area contributed by atoms with Gasteiger partial charge in [0, 0.05) is 43.5 Å². The Hall–Kier alpha value is -3.95. The summed E-state index contributed by atoms with van der Waals surface area (Å²) in [6, 6.07) is 19.4. The number of hydrogen-bond donors (Lipinski definition) is 2. The second-order valence-electron chi connectivity index (χ2n) is 10.2. The minimum absolute atomic E-state index is 0.166. The summed E-state index contributed by atoms with van der Waals surface area (Å²) in [6.45, 7) is 2.15. The lowest BCUT2D eigenvalue weighted by atomic mass is 9.72. The number of methoxy groups -OCH3 is 2. The number of guanidine groups is 1. The second-order valence-corrected chi connectivity index (χ2v) is 11.0. The van der Waals surface area contributed by atoms with Crippen LogP contribution in [0.1, 0.15) is 18.4 Å². The normalized spacial score (nSPS) is 15.1. The first kappa shape index (κ1) is 28.6. The molecule has 3 aromatic carbocycles. The van der Waals surface area contributed by atoms with E-state index in [-0.39, 0.29) is 5.41 Å². The van der Waals surface area contributed by atoms with Crippen molar-refractivity contribution in [2.24, 2.45) is 10.7 Å². The Bertz CT molecular complexity index is 1570. The fourth-order valence-corrected chi connectivity index (χ4v) is 5.71. The SMILES string of the molecule is COc1cc2nc(N(C)CC3(c4ccccc4)CCN(C(N)=Nc4ccc(Cl)c(Cl)c4)CC3)nc(N)c2cc1OC. The van der Waals surface area contributed by atoms with Gasteiger partial charge in [-0.25, -0.2) is 9.98 Å². The molecule has 0 bridgehead atoms. The number of ether oxygens (including phenoxy) is 2. The van der Waals surface area contributed by atoms with Crippen LogP contribution in [-0.2, 0) is 5.41 Å². The zero-order valence-electron chi connectivity index (χ0n) is 23.3. The van der Waals surface area contributed by atoms with Crippen LogP contribution in [0.3, 0.4) is 0 Å². The molecular weight excluding hydrogens is 561 g/mol. The fourth-order valence-electron chi connectivity index (χ4n) is 5.41. The zero-order valence-corrected chi connectivity index (χ0v) is 24.8. The van der Waals surface area contributed by atoms with Crippen LogP contribution in [0.15, 0.2) is 65.7 Å². The first-order valence-corrected chi connectivity index (χ1v) is 14.0. The Morgan fingerprint density at radius 3 is 2.32 bits per heavy atom. The third-order valence-electron chi connectivity index (χ3n) is 7.68. The van der Waals surface area contributed by atoms with E-state index in [1.165, 1.54) is 5.56 Å². The van der Waals surface area contributed by atoms with E-state index in [0.717, 1.165) is 25.9 Å². The van der Waals surface area contributed by atoms with Crippen molar-refractivity contribution in [2.45, 2.75) is 18.3 Å². The summed E-state index contributed by atoms with van der Waals surface area (Å²) >= 11 is 12.2. The maximum absolute atomic E-state index is 6.44. The van der Waals surface area contributed by atoms with Crippen molar-refractivity contribution >= 4 is 57.5 Å². The first-order valence-electron chi connectivity index (χ1n) is 13.2. The first-order chi connectivity index (χ1) is 19.7. The molecule has 214 valence electrons. The van der Waals surface area contributed by atoms with Gasteiger partial charge in [-0.3, -0.25) is 0 Å². The average Bonchev–Trinajstić information content (AvgIpc) is 2.99. The van der Waals surface area contributed by atoms with E-state index in [0.29, 0.717) is 62.4 Å². The molecule has 4 aromatic rings. The Balaban J connectivity index is 1.41. The summed E-state index contributed by atoms with van der Waals surface area (Å²) in [7, 11) is 5.18. The Labute approximate surface area is 249 Å². The highest BCUT2D eigenvalue weighted by molar-refractivity contribution is 6.42. The van der Waals surface area contributed by atoms with Crippen molar-refractivity contribution in [3.05, 3.63) is 76.3 Å². The van der Waals surface area contributed by atoms with Gasteiger partial charge in [-0.1, -0.05) is 53.5 Å². The number of likely N-dealkylation sites (tertiary alicyclic amines) is 1. The molecule has 1 aliphatic heterocycles. The second kappa shape index (κ2) is 11.9. The fraction of sp³-hybridized carbons (Fsp3) is 0.300. The van der Waals surface area contributed by atoms with Crippen LogP contribution < -0.4 is 25.8 Å². The highest BCUT2D eigenvalue weighted by Crippen LogP contribution is 2.38. The van der Waals surface area contributed by atoms with Gasteiger partial charge < -0.3 is 30.7 Å². The molecule has 0 atom stereocenters. The molecule has 11 heteroatoms. The predicted octanol–water partition coefficient (Wildman–Crippen LogP) is 5.65. The summed E-state index contributed by atoms with van der Waals surface area (Å²) in [6.07, 6.45) is 1.71. The van der Waals surface area contributed by atoms with Crippen LogP contribution in [0.5, 0.6) is 11.5 Å². The molecule has 4 N–H and O–H groups in total. The quantitative estimate of drug-likeness (QED) is 0.208. The third-order valence-corrected chi connectivity index (χ3v) is 8.42. The monoisotopic (exact) mass is 593 g/mol. The number of nitrogen functional groups attached to an aromatic ring is 1. The van der Waals surface area contributed by atoms with Gasteiger partial charge in [-0.15, -0.1) is 0 Å². The maximum atomic E-state index is 6.44. The topological polar surface area (TPSA) is 115 Å². The van der Waals surface area contributed by atoms with Crippen molar-refractivity contribution in [2.75, 3.05) is 51.5 Å². The summed E-state index contributed by atoms with van der Waals surface area (Å²) in [5.41, 5.74) is 15.3. The molecule has 0 spiro atoms. The number of fused-ring (bicyclic) bond motifs is 1. The van der Waals surface area contributed by atoms with Gasteiger partial charge in [-0.05, 0) is 42.7 Å². The third kappa shape index (κ3) is 5.92. The lowest BCUT2D eigenvalue weighted by Crippen LogP contribution is -2.51. The number of piperidine rings is 1. The van der Waals surface area contributed by atoms with Crippen LogP contribution in [-0.4, -0.2) is 61.7 Å². The molecule has 41 heavy (non-hydrogen) atoms. The van der Waals surface area contributed by atoms with Gasteiger partial charge in [0.1, 0.15) is 5.82 Å². The van der Waals surface area contributed by atoms with Gasteiger partial charge in [0.25, 0.3) is 0 Å². The minimum atomic E-state index is -0.166. The van der Waals surface area contributed by atoms with E-state index in [2.05, 4.69) is 44.0 Å². The molecule has 1 fully saturated rings. The van der Waals surface area contributed by atoms with Crippen molar-refractivity contribution in [3.8, 4) is 11.5 Å². The number of benzene rings is 3. The Morgan fingerprint density at radius 1 is 0.976 bits per heavy atom. The standard InChI is InChI=1S/C30H33Cl2N7O2/c1-38(29-36-24-17-26(41-3)25(40-2)16-21(24)27(33)37-29)18-30(19-7-5-4-6-8-19)11-13-39(14-12-30)28(34)35-20-9-10-22(31)23(32)15-20/h4-10,15-17H,11-14,18H2,1-3H3,(H2,34,35)(H2,33,36,37). The molecule has 9 nitrogen and oxygen atoms in total. The molecule has 2 heterocycles. The van der Waals surface area contributed by atoms with Gasteiger partial charge >= 0.3 is 0 Å². The molecule has 0 radical (unpaired) electrons. The Morgan fingerprint density at radius 2 is 1.66 bits per heavy atom. The summed E-state index contributed by atoms with van der Waals surface area (Å²) in [5, 5.41) is 1.64. The van der Waals surface area contributed by atoms with Crippen LogP contribution in [0.25, 0.3) is 10.9 Å². The molecule has 0 amide bonds. The van der Waals surface area contributed by atoms with Crippen molar-refractivity contribution in [1.29, 1.82) is 0 Å². The maximum Gasteiger partial charge on any atom is 0.227 e. The number of nitrogens with zero attached hydrogens (tertiary/aromatic N) is 5. The average molecular weight is 595 g/mol. The van der Waals surface area contributed by atoms with Crippen molar-refractivity contribution in [3.63, 3.8) is 0 Å². The van der Waals surface area contributed by atoms with E-state index in [1.807, 2.05) is 19.2 Å². The molecule has 1 aliphatic rings. The number of nitrogens with two attached hydrogens (primary N) is 2. The van der Waals surface area contributed by atoms with Crippen LogP contribution in [0.4, 0.5) is 17.5 Å². The molecule has 0 unspecified atom stereocenters. The summed E-state index contributed by atoms with van der Waals surface area (Å²) in [4.78, 5) is 18.3. The minimum Gasteiger partial charge on any atom is -0.493 e. The van der Waals surface area contributed by atoms with Crippen molar-refractivity contribution < 1.29 is 9.47 Å². The van der Waals surface area contributed by atoms with Crippen LogP contribution in [0, 0.1) is 0 Å². The largest absolute Gasteiger partial charge is 0.493 e. The number of halogens is 2. The highest BCUT2D eigenvalue weighted by Gasteiger charge is 2.38. The summed E-state index contributed by atoms with van der Waals surface area (Å²) < 4.78 is 10.9. The smallest absolute Gasteiger partial charge is 0.227 e. The van der Waals surface area contributed by atoms with Gasteiger partial charge in [0.2, 0.25) is 5.95 Å². The van der Waals surface area contributed by atoms with Gasteiger partial charge in [0.05, 0.1) is 35.5 Å². The van der Waals surface area contributed by atoms with Crippen LogP contribution in [0.2, 0.25) is 10.0 Å². The number of aliphatic imine (C=N–C) groups is 1. The van der Waals surface area contributed by atoms with Crippen molar-refractivity contribution in [1.82, 2.24) is 14.9 Å². The van der Waals surface area contributed by atoms with E-state index in [4.69, 9.17) is 49.1 Å². The van der Waals surface area contributed by atoms with Gasteiger partial charge in [-0.2, -0.15) is 4.98 Å². The number of anilines is 2. The molecule has 5 rings (SSSR count). The lowest BCUT2D eigenvalue weighted by Gasteiger charge is -2.44. The van der Waals surface area contributed by atoms with E-state index in [1.54, 1.807) is 38.5 Å². The number of hydrogen-bond acceptors (Lipinski definition) is 7. The van der Waals surface area contributed by atoms with Gasteiger partial charge in [0.15, 0.2) is 17.5 Å². The van der Waals surface area contributed by atoms with E-state index in [9.17, 15) is 0 Å². The summed E-state index contributed by atoms with van der Waals surface area (Å²) in [5.74, 6) is 2.54. The lowest BCUT2D eigenvalue weighted by molar-refractivity contribution is 0.226. The Kier molecular flexibility index (Phi) is 8.28. The highest BCUT2D eigenvalue weighted by atomic mass is 35.5. The molecule has 0 saturated carbocycles. The molecule has 1 saturated heterocycles. The molecular formula is C30H33Cl2N7O2. The number of aromatic nitrogens is 2. The molecule has 0 aliphatic carbocycles. The van der Waals surface area contributed by atoms with E-state index < -0.39 is 0 Å². The number of rotatable bonds is 7. The van der Waals surface area contributed by atoms with Crippen LogP contribution >= 0.6 is 23.2 Å². The zero-order chi connectivity index (χ0) is 29.1. The predicted molar refractivity (Wildman–Crippen MR) is 167 cm³/mol.